The van der Waals surface area contributed by atoms with Crippen molar-refractivity contribution in [3.63, 3.8) is 0 Å². The topological polar surface area (TPSA) is 235 Å². The smallest absolute Gasteiger partial charge is 0.340 e. The summed E-state index contributed by atoms with van der Waals surface area (Å²) in [4.78, 5) is 45.2. The van der Waals surface area contributed by atoms with Gasteiger partial charge in [0.2, 0.25) is 0 Å². The average molecular weight is 635 g/mol. The lowest BCUT2D eigenvalue weighted by atomic mass is 10.1. The Morgan fingerprint density at radius 2 is 1.55 bits per heavy atom. The first kappa shape index (κ1) is 30.0. The molecule has 4 N–H and O–H groups in total. The molecule has 2 aromatic rings. The maximum atomic E-state index is 12.9. The van der Waals surface area contributed by atoms with Crippen molar-refractivity contribution in [3.8, 4) is 0 Å². The number of hydrogen-bond donors (Lipinski definition) is 3. The summed E-state index contributed by atoms with van der Waals surface area (Å²) < 4.78 is 71.8. The van der Waals surface area contributed by atoms with E-state index in [1.54, 1.807) is 32.3 Å². The third kappa shape index (κ3) is 5.74. The van der Waals surface area contributed by atoms with Crippen LogP contribution in [0, 0.1) is 0 Å². The van der Waals surface area contributed by atoms with Crippen molar-refractivity contribution < 1.29 is 61.2 Å². The largest absolute Gasteiger partial charge is 0.455 e. The molecule has 6 heterocycles. The van der Waals surface area contributed by atoms with Crippen molar-refractivity contribution in [2.45, 2.75) is 82.1 Å². The fourth-order valence-corrected chi connectivity index (χ4v) is 8.64. The molecule has 0 saturated carbocycles. The second kappa shape index (κ2) is 10.2. The zero-order valence-electron chi connectivity index (χ0n) is 23.0. The molecule has 0 amide bonds. The van der Waals surface area contributed by atoms with Crippen molar-refractivity contribution in [1.82, 2.24) is 19.5 Å². The molecule has 4 aliphatic heterocycles. The highest BCUT2D eigenvalue weighted by molar-refractivity contribution is 7.70. The van der Waals surface area contributed by atoms with Crippen LogP contribution in [0.5, 0.6) is 0 Å². The van der Waals surface area contributed by atoms with Crippen LogP contribution in [-0.2, 0) is 51.4 Å². The van der Waals surface area contributed by atoms with Crippen LogP contribution in [0.1, 0.15) is 33.9 Å². The van der Waals surface area contributed by atoms with Gasteiger partial charge in [-0.25, -0.2) is 19.7 Å². The summed E-state index contributed by atoms with van der Waals surface area (Å²) in [6, 6.07) is 0. The molecular weight excluding hydrogens is 604 g/mol. The minimum absolute atomic E-state index is 0.174. The minimum Gasteiger partial charge on any atom is -0.455 e. The van der Waals surface area contributed by atoms with E-state index >= 15 is 0 Å². The number of anilines is 1. The molecule has 4 aliphatic rings. The van der Waals surface area contributed by atoms with E-state index in [0.717, 1.165) is 0 Å². The molecule has 0 aromatic carbocycles. The van der Waals surface area contributed by atoms with Crippen LogP contribution in [0.2, 0.25) is 0 Å². The molecule has 18 nitrogen and oxygen atoms in total. The Kier molecular flexibility index (Phi) is 7.31. The first-order chi connectivity index (χ1) is 19.5. The van der Waals surface area contributed by atoms with Gasteiger partial charge in [-0.2, -0.15) is 0 Å². The molecular formula is C22H31N5O13P2. The van der Waals surface area contributed by atoms with Crippen LogP contribution in [0.3, 0.4) is 0 Å². The predicted molar refractivity (Wildman–Crippen MR) is 138 cm³/mol. The fourth-order valence-electron chi connectivity index (χ4n) is 5.42. The number of nitrogens with zero attached hydrogens (tertiary/aromatic N) is 4. The summed E-state index contributed by atoms with van der Waals surface area (Å²) in [5, 5.41) is 0. The number of carbonyl (C=O) groups excluding carboxylic acids is 1. The van der Waals surface area contributed by atoms with Gasteiger partial charge in [-0.15, -0.1) is 0 Å². The van der Waals surface area contributed by atoms with E-state index in [1.807, 2.05) is 0 Å². The van der Waals surface area contributed by atoms with Crippen molar-refractivity contribution in [2.75, 3.05) is 24.9 Å². The van der Waals surface area contributed by atoms with Gasteiger partial charge in [0.15, 0.2) is 47.4 Å². The molecule has 9 atom stereocenters. The van der Waals surface area contributed by atoms with Crippen molar-refractivity contribution in [2.24, 2.45) is 0 Å². The Morgan fingerprint density at radius 3 is 2.26 bits per heavy atom. The van der Waals surface area contributed by atoms with E-state index in [0.29, 0.717) is 11.2 Å². The highest BCUT2D eigenvalue weighted by Gasteiger charge is 2.58. The molecule has 0 spiro atoms. The van der Waals surface area contributed by atoms with E-state index < -0.39 is 94.7 Å². The van der Waals surface area contributed by atoms with Gasteiger partial charge in [0, 0.05) is 0 Å². The highest BCUT2D eigenvalue weighted by Crippen LogP contribution is 2.59. The van der Waals surface area contributed by atoms with Gasteiger partial charge in [0.25, 0.3) is 0 Å². The van der Waals surface area contributed by atoms with Gasteiger partial charge in [0.05, 0.1) is 19.5 Å². The number of esters is 1. The number of cyclic esters (lactones) is 1. The number of carbonyl (C=O) groups is 1. The first-order valence-corrected chi connectivity index (χ1v) is 16.5. The quantitative estimate of drug-likeness (QED) is 0.253. The van der Waals surface area contributed by atoms with E-state index in [2.05, 4.69) is 15.0 Å². The van der Waals surface area contributed by atoms with Crippen molar-refractivity contribution in [1.29, 1.82) is 0 Å². The second-order valence-corrected chi connectivity index (χ2v) is 15.4. The van der Waals surface area contributed by atoms with Crippen LogP contribution in [0.25, 0.3) is 11.2 Å². The first-order valence-electron chi connectivity index (χ1n) is 13.0. The number of imidazole rings is 1. The Balaban J connectivity index is 1.09. The Morgan fingerprint density at radius 1 is 0.929 bits per heavy atom. The summed E-state index contributed by atoms with van der Waals surface area (Å²) in [5.41, 5.74) is 6.63. The van der Waals surface area contributed by atoms with Crippen LogP contribution < -0.4 is 5.73 Å². The monoisotopic (exact) mass is 635 g/mol. The SMILES string of the molecule is CC1(C)OC2C(=O)OC(COP(=O)(O)CP(=O)(O)OCC3OC(n4cnc5c(N)ncnc54)C4OC(C)(C)OC34)C2O1. The van der Waals surface area contributed by atoms with Crippen LogP contribution in [0.15, 0.2) is 12.7 Å². The van der Waals surface area contributed by atoms with E-state index in [1.165, 1.54) is 12.7 Å². The second-order valence-electron chi connectivity index (χ2n) is 11.2. The van der Waals surface area contributed by atoms with Crippen molar-refractivity contribution >= 4 is 38.1 Å². The zero-order chi connectivity index (χ0) is 30.2. The summed E-state index contributed by atoms with van der Waals surface area (Å²) >= 11 is 0. The van der Waals surface area contributed by atoms with E-state index in [4.69, 9.17) is 43.2 Å². The molecule has 0 radical (unpaired) electrons. The molecule has 2 aromatic heterocycles. The summed E-state index contributed by atoms with van der Waals surface area (Å²) in [6.07, 6.45) is -3.34. The molecule has 0 bridgehead atoms. The number of ether oxygens (including phenoxy) is 6. The summed E-state index contributed by atoms with van der Waals surface area (Å²) in [7, 11) is -9.41. The fraction of sp³-hybridized carbons (Fsp3) is 0.727. The summed E-state index contributed by atoms with van der Waals surface area (Å²) in [5.74, 6) is -3.82. The Bertz CT molecular complexity index is 1490. The van der Waals surface area contributed by atoms with E-state index in [-0.39, 0.29) is 5.82 Å². The van der Waals surface area contributed by atoms with Gasteiger partial charge in [-0.05, 0) is 27.7 Å². The molecule has 42 heavy (non-hydrogen) atoms. The van der Waals surface area contributed by atoms with Gasteiger partial charge in [-0.1, -0.05) is 0 Å². The number of hydrogen-bond acceptors (Lipinski definition) is 15. The molecule has 4 fully saturated rings. The standard InChI is InChI=1S/C22H31N5O13P2/c1-21(2)37-13-10(35-19(15(13)39-21)27-8-26-12-17(23)24-7-25-18(12)27)5-33-41(29,30)9-42(31,32)34-6-11-14-16(20(28)36-11)40-22(3,4)38-14/h7-8,10-11,13-16,19H,5-6,9H2,1-4H3,(H,29,30)(H,31,32)(H2,23,24,25). The maximum Gasteiger partial charge on any atom is 0.340 e. The van der Waals surface area contributed by atoms with E-state index in [9.17, 15) is 23.7 Å². The van der Waals surface area contributed by atoms with Gasteiger partial charge < -0.3 is 53.0 Å². The van der Waals surface area contributed by atoms with Gasteiger partial charge >= 0.3 is 21.2 Å². The van der Waals surface area contributed by atoms with Crippen LogP contribution >= 0.6 is 15.2 Å². The Hall–Kier alpha value is -2.08. The lowest BCUT2D eigenvalue weighted by Gasteiger charge is -2.25. The molecule has 20 heteroatoms. The molecule has 4 saturated heterocycles. The predicted octanol–water partition coefficient (Wildman–Crippen LogP) is 0.633. The molecule has 0 aliphatic carbocycles. The zero-order valence-corrected chi connectivity index (χ0v) is 24.8. The normalized spacial score (nSPS) is 36.0. The lowest BCUT2D eigenvalue weighted by molar-refractivity contribution is -0.199. The minimum atomic E-state index is -4.71. The van der Waals surface area contributed by atoms with Crippen molar-refractivity contribution in [3.05, 3.63) is 12.7 Å². The maximum absolute atomic E-state index is 12.9. The Labute approximate surface area is 238 Å². The average Bonchev–Trinajstić information content (AvgIpc) is 3.64. The van der Waals surface area contributed by atoms with Crippen LogP contribution in [-0.4, -0.2) is 103 Å². The van der Waals surface area contributed by atoms with Gasteiger partial charge in [-0.3, -0.25) is 13.7 Å². The number of nitrogens with two attached hydrogens (primary N) is 1. The highest BCUT2D eigenvalue weighted by atomic mass is 31.2. The van der Waals surface area contributed by atoms with Crippen LogP contribution in [0.4, 0.5) is 5.82 Å². The third-order valence-corrected chi connectivity index (χ3v) is 11.0. The summed E-state index contributed by atoms with van der Waals surface area (Å²) in [6.45, 7) is 5.57. The lowest BCUT2D eigenvalue weighted by Crippen LogP contribution is -2.33. The number of nitrogen functional groups attached to an aromatic ring is 1. The molecule has 232 valence electrons. The molecule has 9 unspecified atom stereocenters. The van der Waals surface area contributed by atoms with Gasteiger partial charge in [0.1, 0.15) is 36.3 Å². The number of rotatable bonds is 9. The molecule has 6 rings (SSSR count). The third-order valence-electron chi connectivity index (χ3n) is 7.02. The number of aromatic nitrogens is 4. The number of fused-ring (bicyclic) bond motifs is 3.